The van der Waals surface area contributed by atoms with E-state index in [0.29, 0.717) is 42.7 Å². The first-order chi connectivity index (χ1) is 16.7. The van der Waals surface area contributed by atoms with E-state index in [4.69, 9.17) is 26.4 Å². The van der Waals surface area contributed by atoms with Crippen molar-refractivity contribution in [2.24, 2.45) is 0 Å². The fourth-order valence-corrected chi connectivity index (χ4v) is 5.90. The summed E-state index contributed by atoms with van der Waals surface area (Å²) in [6.45, 7) is 6.55. The second-order valence-electron chi connectivity index (χ2n) is 8.91. The number of thiocarbonyl (C=S) groups is 1. The van der Waals surface area contributed by atoms with Gasteiger partial charge in [-0.05, 0) is 56.6 Å². The molecule has 1 aromatic heterocycles. The lowest BCUT2D eigenvalue weighted by Crippen LogP contribution is -2.45. The lowest BCUT2D eigenvalue weighted by molar-refractivity contribution is 0.0889. The van der Waals surface area contributed by atoms with Crippen LogP contribution in [0.1, 0.15) is 37.9 Å². The second-order valence-corrected chi connectivity index (χ2v) is 11.2. The summed E-state index contributed by atoms with van der Waals surface area (Å²) < 4.78 is 44.9. The highest BCUT2D eigenvalue weighted by Gasteiger charge is 2.27. The number of imidazole rings is 1. The highest BCUT2D eigenvalue weighted by atomic mass is 32.2. The standard InChI is InChI=1S/C24H36N4O5S2/c1-18(2)26-23(34)27(16-22-9-6-11-33-22)15-20-14-25-24(28(20)10-12-31-3)35(29,30)17-19-7-5-8-21(13-19)32-4/h5,7-8,13-14,18,22H,6,9-12,15-17H2,1-4H3,(H,26,34)/t22-/m1/s1. The van der Waals surface area contributed by atoms with Crippen molar-refractivity contribution in [3.63, 3.8) is 0 Å². The number of nitrogens with zero attached hydrogens (tertiary/aromatic N) is 3. The first kappa shape index (κ1) is 27.4. The van der Waals surface area contributed by atoms with Crippen molar-refractivity contribution in [3.05, 3.63) is 41.7 Å². The molecule has 0 unspecified atom stereocenters. The van der Waals surface area contributed by atoms with Crippen LogP contribution in [0.15, 0.2) is 35.6 Å². The van der Waals surface area contributed by atoms with E-state index >= 15 is 0 Å². The van der Waals surface area contributed by atoms with Crippen molar-refractivity contribution >= 4 is 27.2 Å². The molecule has 3 rings (SSSR count). The van der Waals surface area contributed by atoms with Crippen molar-refractivity contribution in [2.75, 3.05) is 34.0 Å². The van der Waals surface area contributed by atoms with Gasteiger partial charge in [-0.25, -0.2) is 13.4 Å². The number of hydrogen-bond acceptors (Lipinski definition) is 7. The summed E-state index contributed by atoms with van der Waals surface area (Å²) in [5.74, 6) is 0.428. The Bertz CT molecular complexity index is 1080. The predicted molar refractivity (Wildman–Crippen MR) is 138 cm³/mol. The fraction of sp³-hybridized carbons (Fsp3) is 0.583. The van der Waals surface area contributed by atoms with Gasteiger partial charge in [0.15, 0.2) is 5.11 Å². The maximum Gasteiger partial charge on any atom is 0.228 e. The molecule has 9 nitrogen and oxygen atoms in total. The Morgan fingerprint density at radius 3 is 2.83 bits per heavy atom. The normalized spacial score (nSPS) is 16.0. The molecule has 0 radical (unpaired) electrons. The molecule has 1 saturated heterocycles. The summed E-state index contributed by atoms with van der Waals surface area (Å²) in [5.41, 5.74) is 1.38. The third-order valence-corrected chi connectivity index (χ3v) is 7.66. The molecule has 194 valence electrons. The maximum absolute atomic E-state index is 13.4. The first-order valence-corrected chi connectivity index (χ1v) is 13.9. The largest absolute Gasteiger partial charge is 0.497 e. The zero-order valence-electron chi connectivity index (χ0n) is 20.9. The number of ether oxygens (including phenoxy) is 3. The highest BCUT2D eigenvalue weighted by molar-refractivity contribution is 7.90. The van der Waals surface area contributed by atoms with Gasteiger partial charge < -0.3 is 29.0 Å². The van der Waals surface area contributed by atoms with E-state index in [1.807, 2.05) is 18.7 Å². The van der Waals surface area contributed by atoms with Gasteiger partial charge in [-0.2, -0.15) is 0 Å². The van der Waals surface area contributed by atoms with Crippen LogP contribution < -0.4 is 10.1 Å². The van der Waals surface area contributed by atoms with Crippen LogP contribution >= 0.6 is 12.2 Å². The summed E-state index contributed by atoms with van der Waals surface area (Å²) in [6.07, 6.45) is 3.72. The van der Waals surface area contributed by atoms with Crippen LogP contribution in [-0.4, -0.2) is 74.1 Å². The average Bonchev–Trinajstić information content (AvgIpc) is 3.47. The molecular weight excluding hydrogens is 488 g/mol. The molecule has 11 heteroatoms. The lowest BCUT2D eigenvalue weighted by atomic mass is 10.2. The van der Waals surface area contributed by atoms with Gasteiger partial charge in [0.1, 0.15) is 5.75 Å². The minimum atomic E-state index is -3.73. The van der Waals surface area contributed by atoms with Gasteiger partial charge in [-0.15, -0.1) is 0 Å². The van der Waals surface area contributed by atoms with Gasteiger partial charge in [-0.3, -0.25) is 0 Å². The van der Waals surface area contributed by atoms with E-state index in [0.717, 1.165) is 25.1 Å². The van der Waals surface area contributed by atoms with E-state index in [2.05, 4.69) is 10.3 Å². The third kappa shape index (κ3) is 7.63. The third-order valence-electron chi connectivity index (χ3n) is 5.69. The molecule has 0 saturated carbocycles. The Labute approximate surface area is 213 Å². The maximum atomic E-state index is 13.4. The number of benzene rings is 1. The summed E-state index contributed by atoms with van der Waals surface area (Å²) in [5, 5.41) is 3.93. The molecule has 1 fully saturated rings. The molecule has 1 N–H and O–H groups in total. The molecule has 0 aliphatic carbocycles. The second kappa shape index (κ2) is 12.7. The number of sulfone groups is 1. The summed E-state index contributed by atoms with van der Waals surface area (Å²) in [4.78, 5) is 6.38. The smallest absolute Gasteiger partial charge is 0.228 e. The van der Waals surface area contributed by atoms with Crippen LogP contribution in [0, 0.1) is 0 Å². The van der Waals surface area contributed by atoms with Gasteiger partial charge in [0.2, 0.25) is 15.0 Å². The number of methoxy groups -OCH3 is 2. The van der Waals surface area contributed by atoms with Gasteiger partial charge >= 0.3 is 0 Å². The molecule has 2 heterocycles. The SMILES string of the molecule is COCCn1c(CN(C[C@H]2CCCO2)C(=S)NC(C)C)cnc1S(=O)(=O)Cc1cccc(OC)c1. The van der Waals surface area contributed by atoms with Crippen LogP contribution in [0.5, 0.6) is 5.75 Å². The number of hydrogen-bond donors (Lipinski definition) is 1. The monoisotopic (exact) mass is 524 g/mol. The zero-order valence-corrected chi connectivity index (χ0v) is 22.5. The van der Waals surface area contributed by atoms with Crippen LogP contribution in [-0.2, 0) is 38.2 Å². The molecule has 2 aromatic rings. The summed E-state index contributed by atoms with van der Waals surface area (Å²) >= 11 is 5.68. The number of aromatic nitrogens is 2. The molecular formula is C24H36N4O5S2. The van der Waals surface area contributed by atoms with E-state index < -0.39 is 9.84 Å². The molecule has 0 spiro atoms. The minimum Gasteiger partial charge on any atom is -0.497 e. The van der Waals surface area contributed by atoms with Crippen molar-refractivity contribution in [2.45, 2.75) is 62.8 Å². The van der Waals surface area contributed by atoms with E-state index in [9.17, 15) is 8.42 Å². The van der Waals surface area contributed by atoms with Gasteiger partial charge in [0.05, 0.1) is 44.0 Å². The minimum absolute atomic E-state index is 0.0205. The van der Waals surface area contributed by atoms with E-state index in [-0.39, 0.29) is 23.1 Å². The highest BCUT2D eigenvalue weighted by Crippen LogP contribution is 2.22. The molecule has 1 aromatic carbocycles. The average molecular weight is 525 g/mol. The van der Waals surface area contributed by atoms with Gasteiger partial charge in [0, 0.05) is 32.8 Å². The van der Waals surface area contributed by atoms with Crippen molar-refractivity contribution in [1.29, 1.82) is 0 Å². The summed E-state index contributed by atoms with van der Waals surface area (Å²) in [6, 6.07) is 7.22. The topological polar surface area (TPSA) is 94.9 Å². The Balaban J connectivity index is 1.89. The fourth-order valence-electron chi connectivity index (χ4n) is 4.02. The molecule has 1 atom stereocenters. The Kier molecular flexibility index (Phi) is 9.90. The van der Waals surface area contributed by atoms with E-state index in [1.165, 1.54) is 0 Å². The van der Waals surface area contributed by atoms with Gasteiger partial charge in [0.25, 0.3) is 0 Å². The Morgan fingerprint density at radius 1 is 1.37 bits per heavy atom. The summed E-state index contributed by atoms with van der Waals surface area (Å²) in [7, 11) is -0.583. The zero-order chi connectivity index (χ0) is 25.4. The molecule has 0 bridgehead atoms. The molecule has 0 amide bonds. The van der Waals surface area contributed by atoms with Crippen LogP contribution in [0.2, 0.25) is 0 Å². The number of rotatable bonds is 12. The van der Waals surface area contributed by atoms with Crippen LogP contribution in [0.25, 0.3) is 0 Å². The molecule has 1 aliphatic heterocycles. The Hall–Kier alpha value is -2.21. The first-order valence-electron chi connectivity index (χ1n) is 11.8. The predicted octanol–water partition coefficient (Wildman–Crippen LogP) is 2.78. The van der Waals surface area contributed by atoms with Crippen LogP contribution in [0.4, 0.5) is 0 Å². The molecule has 35 heavy (non-hydrogen) atoms. The van der Waals surface area contributed by atoms with E-state index in [1.54, 1.807) is 49.2 Å². The number of nitrogens with one attached hydrogen (secondary N) is 1. The molecule has 1 aliphatic rings. The lowest BCUT2D eigenvalue weighted by Gasteiger charge is -2.29. The Morgan fingerprint density at radius 2 is 2.17 bits per heavy atom. The van der Waals surface area contributed by atoms with Crippen LogP contribution in [0.3, 0.4) is 0 Å². The van der Waals surface area contributed by atoms with Gasteiger partial charge in [-0.1, -0.05) is 12.1 Å². The quantitative estimate of drug-likeness (QED) is 0.421. The van der Waals surface area contributed by atoms with Crippen molar-refractivity contribution in [3.8, 4) is 5.75 Å². The van der Waals surface area contributed by atoms with Crippen molar-refractivity contribution < 1.29 is 22.6 Å². The van der Waals surface area contributed by atoms with Crippen molar-refractivity contribution in [1.82, 2.24) is 19.8 Å².